The molecule has 0 aromatic heterocycles. The number of aliphatic hydroxyl groups is 2. The number of likely N-dealkylation sites (tertiary alicyclic amines) is 1. The summed E-state index contributed by atoms with van der Waals surface area (Å²) in [5, 5.41) is 21.6. The maximum atomic E-state index is 10.9. The van der Waals surface area contributed by atoms with Gasteiger partial charge in [0.05, 0.1) is 12.2 Å². The lowest BCUT2D eigenvalue weighted by molar-refractivity contribution is -0.141. The van der Waals surface area contributed by atoms with Gasteiger partial charge in [-0.15, -0.1) is 24.0 Å². The first-order valence-electron chi connectivity index (χ1n) is 8.95. The first kappa shape index (κ1) is 18.0. The van der Waals surface area contributed by atoms with E-state index in [4.69, 9.17) is 16.3 Å². The van der Waals surface area contributed by atoms with E-state index in [0.717, 1.165) is 19.4 Å². The number of halogens is 2. The van der Waals surface area contributed by atoms with Gasteiger partial charge >= 0.3 is 0 Å². The second kappa shape index (κ2) is 5.82. The quantitative estimate of drug-likeness (QED) is 0.564. The highest BCUT2D eigenvalue weighted by molar-refractivity contribution is 6.17. The van der Waals surface area contributed by atoms with Gasteiger partial charge in [0.15, 0.2) is 0 Å². The van der Waals surface area contributed by atoms with Crippen molar-refractivity contribution in [3.8, 4) is 0 Å². The van der Waals surface area contributed by atoms with Gasteiger partial charge in [0.1, 0.15) is 11.7 Å². The summed E-state index contributed by atoms with van der Waals surface area (Å²) in [6, 6.07) is 0.430. The van der Waals surface area contributed by atoms with Crippen LogP contribution in [0.2, 0.25) is 0 Å². The van der Waals surface area contributed by atoms with Crippen molar-refractivity contribution in [2.45, 2.75) is 49.2 Å². The molecule has 2 heterocycles. The third-order valence-electron chi connectivity index (χ3n) is 7.19. The summed E-state index contributed by atoms with van der Waals surface area (Å²) in [4.78, 5) is 2.44. The molecule has 6 heteroatoms. The van der Waals surface area contributed by atoms with Gasteiger partial charge in [0, 0.05) is 23.3 Å². The lowest BCUT2D eigenvalue weighted by Gasteiger charge is -2.58. The molecule has 1 spiro atoms. The van der Waals surface area contributed by atoms with Crippen LogP contribution < -0.4 is 0 Å². The maximum Gasteiger partial charge on any atom is 0.121 e. The Morgan fingerprint density at radius 1 is 1.32 bits per heavy atom. The van der Waals surface area contributed by atoms with Crippen LogP contribution in [0.4, 0.5) is 0 Å². The standard InChI is InChI=1S/C19H24ClNO3.ClH/c1-21-9-7-18-12-3-4-14(22)17(18)24-19(6-8-20)15(23)5-2-11(16(18)19)10-13(12)21;/h2-5,12-15,17,22-23H,6-10H2,1H3;1H/t12-,13+,14-,15?,17-,18-,19?;/m0./s1. The highest BCUT2D eigenvalue weighted by Gasteiger charge is 2.70. The molecular formula is C19H25Cl2NO3. The Balaban J connectivity index is 0.00000157. The normalized spacial score (nSPS) is 49.8. The topological polar surface area (TPSA) is 52.9 Å². The largest absolute Gasteiger partial charge is 0.386 e. The van der Waals surface area contributed by atoms with Crippen molar-refractivity contribution in [2.75, 3.05) is 19.5 Å². The summed E-state index contributed by atoms with van der Waals surface area (Å²) in [6.45, 7) is 0.995. The predicted molar refractivity (Wildman–Crippen MR) is 99.1 cm³/mol. The Labute approximate surface area is 159 Å². The van der Waals surface area contributed by atoms with Crippen LogP contribution in [0.25, 0.3) is 0 Å². The molecule has 2 unspecified atom stereocenters. The number of rotatable bonds is 2. The number of nitrogens with zero attached hydrogens (tertiary/aromatic N) is 1. The summed E-state index contributed by atoms with van der Waals surface area (Å²) in [5.74, 6) is 0.765. The van der Waals surface area contributed by atoms with Gasteiger partial charge < -0.3 is 19.8 Å². The van der Waals surface area contributed by atoms with Gasteiger partial charge in [-0.05, 0) is 44.0 Å². The molecule has 0 aromatic rings. The van der Waals surface area contributed by atoms with Crippen LogP contribution in [0.1, 0.15) is 19.3 Å². The molecule has 0 saturated carbocycles. The van der Waals surface area contributed by atoms with Crippen molar-refractivity contribution in [1.82, 2.24) is 4.90 Å². The minimum atomic E-state index is -0.761. The van der Waals surface area contributed by atoms with E-state index in [1.807, 2.05) is 12.2 Å². The minimum Gasteiger partial charge on any atom is -0.386 e. The molecule has 2 N–H and O–H groups in total. The van der Waals surface area contributed by atoms with E-state index in [-0.39, 0.29) is 23.9 Å². The van der Waals surface area contributed by atoms with Crippen molar-refractivity contribution in [1.29, 1.82) is 0 Å². The molecule has 25 heavy (non-hydrogen) atoms. The summed E-state index contributed by atoms with van der Waals surface area (Å²) in [6.07, 6.45) is 8.96. The van der Waals surface area contributed by atoms with Gasteiger partial charge in [0.2, 0.25) is 0 Å². The van der Waals surface area contributed by atoms with E-state index < -0.39 is 17.8 Å². The van der Waals surface area contributed by atoms with E-state index in [9.17, 15) is 10.2 Å². The molecule has 2 aliphatic heterocycles. The highest BCUT2D eigenvalue weighted by Crippen LogP contribution is 2.67. The summed E-state index contributed by atoms with van der Waals surface area (Å²) >= 11 is 6.13. The van der Waals surface area contributed by atoms with Crippen molar-refractivity contribution < 1.29 is 14.9 Å². The van der Waals surface area contributed by atoms with Crippen molar-refractivity contribution in [3.05, 3.63) is 35.5 Å². The van der Waals surface area contributed by atoms with Crippen molar-refractivity contribution >= 4 is 24.0 Å². The average Bonchev–Trinajstić information content (AvgIpc) is 2.87. The fourth-order valence-corrected chi connectivity index (χ4v) is 6.54. The zero-order valence-corrected chi connectivity index (χ0v) is 15.8. The van der Waals surface area contributed by atoms with Gasteiger partial charge in [0.25, 0.3) is 0 Å². The van der Waals surface area contributed by atoms with Crippen molar-refractivity contribution in [3.63, 3.8) is 0 Å². The van der Waals surface area contributed by atoms with E-state index in [1.165, 1.54) is 11.1 Å². The zero-order chi connectivity index (χ0) is 16.7. The zero-order valence-electron chi connectivity index (χ0n) is 14.3. The van der Waals surface area contributed by atoms with Gasteiger partial charge in [-0.3, -0.25) is 0 Å². The van der Waals surface area contributed by atoms with E-state index in [1.54, 1.807) is 0 Å². The lowest BCUT2D eigenvalue weighted by Crippen LogP contribution is -2.62. The van der Waals surface area contributed by atoms with E-state index in [0.29, 0.717) is 24.3 Å². The molecule has 2 fully saturated rings. The first-order chi connectivity index (χ1) is 11.5. The number of hydrogen-bond acceptors (Lipinski definition) is 4. The average molecular weight is 386 g/mol. The Kier molecular flexibility index (Phi) is 4.19. The monoisotopic (exact) mass is 385 g/mol. The highest BCUT2D eigenvalue weighted by atomic mass is 35.5. The molecule has 7 atom stereocenters. The first-order valence-corrected chi connectivity index (χ1v) is 9.49. The van der Waals surface area contributed by atoms with Crippen LogP contribution in [-0.4, -0.2) is 64.5 Å². The Morgan fingerprint density at radius 2 is 2.12 bits per heavy atom. The smallest absolute Gasteiger partial charge is 0.121 e. The van der Waals surface area contributed by atoms with Gasteiger partial charge in [-0.1, -0.05) is 24.3 Å². The van der Waals surface area contributed by atoms with Crippen LogP contribution in [0, 0.1) is 11.3 Å². The van der Waals surface area contributed by atoms with Gasteiger partial charge in [-0.25, -0.2) is 0 Å². The molecule has 5 rings (SSSR count). The van der Waals surface area contributed by atoms with Crippen LogP contribution in [0.15, 0.2) is 35.5 Å². The lowest BCUT2D eigenvalue weighted by atomic mass is 9.50. The number of ether oxygens (including phenoxy) is 1. The molecule has 0 aromatic carbocycles. The molecule has 2 bridgehead atoms. The Morgan fingerprint density at radius 3 is 2.88 bits per heavy atom. The van der Waals surface area contributed by atoms with Crippen LogP contribution in [0.3, 0.4) is 0 Å². The van der Waals surface area contributed by atoms with E-state index in [2.05, 4.69) is 24.1 Å². The fourth-order valence-electron chi connectivity index (χ4n) is 6.26. The molecule has 138 valence electrons. The summed E-state index contributed by atoms with van der Waals surface area (Å²) in [7, 11) is 2.19. The number of hydrogen-bond donors (Lipinski definition) is 2. The van der Waals surface area contributed by atoms with Gasteiger partial charge in [-0.2, -0.15) is 0 Å². The molecule has 2 saturated heterocycles. The predicted octanol–water partition coefficient (Wildman–Crippen LogP) is 2.04. The third-order valence-corrected chi connectivity index (χ3v) is 7.38. The summed E-state index contributed by atoms with van der Waals surface area (Å²) in [5.41, 5.74) is 1.58. The Hall–Kier alpha value is -0.360. The number of aliphatic hydroxyl groups excluding tert-OH is 2. The molecule has 4 nitrogen and oxygen atoms in total. The Bertz CT molecular complexity index is 678. The molecule has 3 aliphatic carbocycles. The van der Waals surface area contributed by atoms with Crippen LogP contribution in [-0.2, 0) is 4.74 Å². The van der Waals surface area contributed by atoms with Crippen LogP contribution >= 0.6 is 24.0 Å². The molecule has 0 amide bonds. The number of alkyl halides is 1. The molecule has 0 radical (unpaired) electrons. The SMILES string of the molecule is CN1CC[C@]23C4=C5C=CC(O)C4(CCCl)O[C@H]2[C@@H](O)C=C[C@H]3[C@H]1C5.Cl. The summed E-state index contributed by atoms with van der Waals surface area (Å²) < 4.78 is 6.55. The molecular weight excluding hydrogens is 361 g/mol. The second-order valence-electron chi connectivity index (χ2n) is 8.01. The van der Waals surface area contributed by atoms with Crippen LogP contribution in [0.5, 0.6) is 0 Å². The fraction of sp³-hybridized carbons (Fsp3) is 0.684. The van der Waals surface area contributed by atoms with E-state index >= 15 is 0 Å². The minimum absolute atomic E-state index is 0. The maximum absolute atomic E-state index is 10.9. The molecule has 5 aliphatic rings. The third kappa shape index (κ3) is 1.99. The number of allylic oxidation sites excluding steroid dienone is 1. The second-order valence-corrected chi connectivity index (χ2v) is 8.39. The van der Waals surface area contributed by atoms with Crippen molar-refractivity contribution in [2.24, 2.45) is 11.3 Å². The number of piperidine rings is 1.